The number of rotatable bonds is 24. The molecule has 29 heavy (non-hydrogen) atoms. The van der Waals surface area contributed by atoms with E-state index in [4.69, 9.17) is 0 Å². The Balaban J connectivity index is 3.58. The van der Waals surface area contributed by atoms with E-state index in [0.717, 1.165) is 0 Å². The smallest absolute Gasteiger partial charge is 0.0784 e. The summed E-state index contributed by atoms with van der Waals surface area (Å²) < 4.78 is 1.35. The molecule has 0 fully saturated rings. The number of hydrogen-bond acceptors (Lipinski definition) is 0. The Morgan fingerprint density at radius 3 is 0.862 bits per heavy atom. The Bertz CT molecular complexity index is 301. The average molecular weight is 411 g/mol. The summed E-state index contributed by atoms with van der Waals surface area (Å²) in [4.78, 5) is 0. The second-order valence-electron chi connectivity index (χ2n) is 10.2. The zero-order valence-electron chi connectivity index (χ0n) is 21.4. The summed E-state index contributed by atoms with van der Waals surface area (Å²) in [6, 6.07) is 0. The van der Waals surface area contributed by atoms with Gasteiger partial charge < -0.3 is 4.48 Å². The van der Waals surface area contributed by atoms with Crippen molar-refractivity contribution < 1.29 is 4.48 Å². The van der Waals surface area contributed by atoms with Gasteiger partial charge in [0.05, 0.1) is 26.7 Å². The number of hydrogen-bond donors (Lipinski definition) is 0. The van der Waals surface area contributed by atoms with Crippen molar-refractivity contribution in [3.05, 3.63) is 0 Å². The minimum Gasteiger partial charge on any atom is -0.326 e. The van der Waals surface area contributed by atoms with E-state index in [9.17, 15) is 0 Å². The van der Waals surface area contributed by atoms with E-state index in [2.05, 4.69) is 27.8 Å². The van der Waals surface area contributed by atoms with Gasteiger partial charge in [-0.25, -0.2) is 0 Å². The van der Waals surface area contributed by atoms with Crippen molar-refractivity contribution in [3.63, 3.8) is 0 Å². The summed E-state index contributed by atoms with van der Waals surface area (Å²) in [5.74, 6) is 0. The van der Waals surface area contributed by atoms with E-state index in [1.807, 2.05) is 0 Å². The van der Waals surface area contributed by atoms with Gasteiger partial charge in [-0.15, -0.1) is 0 Å². The topological polar surface area (TPSA) is 0 Å². The molecule has 0 heterocycles. The molecule has 0 spiro atoms. The van der Waals surface area contributed by atoms with Gasteiger partial charge in [-0.05, 0) is 32.1 Å². The summed E-state index contributed by atoms with van der Waals surface area (Å²) in [5, 5.41) is 0. The van der Waals surface area contributed by atoms with Crippen molar-refractivity contribution >= 4 is 0 Å². The largest absolute Gasteiger partial charge is 0.326 e. The van der Waals surface area contributed by atoms with E-state index in [1.54, 1.807) is 0 Å². The Morgan fingerprint density at radius 2 is 0.552 bits per heavy atom. The van der Waals surface area contributed by atoms with Crippen LogP contribution in [0, 0.1) is 0 Å². The van der Waals surface area contributed by atoms with Crippen molar-refractivity contribution in [1.82, 2.24) is 0 Å². The van der Waals surface area contributed by atoms with Gasteiger partial charge in [0.1, 0.15) is 0 Å². The molecule has 176 valence electrons. The van der Waals surface area contributed by atoms with Gasteiger partial charge in [-0.2, -0.15) is 0 Å². The van der Waals surface area contributed by atoms with Gasteiger partial charge >= 0.3 is 0 Å². The molecular weight excluding hydrogens is 350 g/mol. The summed E-state index contributed by atoms with van der Waals surface area (Å²) in [6.45, 7) is 11.2. The van der Waals surface area contributed by atoms with Crippen molar-refractivity contribution in [1.29, 1.82) is 0 Å². The third-order valence-electron chi connectivity index (χ3n) is 6.90. The monoisotopic (exact) mass is 410 g/mol. The van der Waals surface area contributed by atoms with Crippen LogP contribution in [0.25, 0.3) is 0 Å². The van der Waals surface area contributed by atoms with Crippen molar-refractivity contribution in [2.24, 2.45) is 0 Å². The predicted octanol–water partition coefficient (Wildman–Crippen LogP) is 9.68. The molecule has 0 radical (unpaired) electrons. The molecule has 0 N–H and O–H groups in total. The third kappa shape index (κ3) is 21.0. The molecule has 0 amide bonds. The van der Waals surface area contributed by atoms with Gasteiger partial charge in [0.2, 0.25) is 0 Å². The Morgan fingerprint density at radius 1 is 0.310 bits per heavy atom. The van der Waals surface area contributed by atoms with Crippen LogP contribution in [-0.2, 0) is 0 Å². The highest BCUT2D eigenvalue weighted by atomic mass is 15.3. The first-order chi connectivity index (χ1) is 14.2. The normalized spacial score (nSPS) is 13.7. The molecule has 0 aromatic rings. The van der Waals surface area contributed by atoms with Crippen LogP contribution in [0.4, 0.5) is 0 Å². The molecule has 1 heteroatoms. The van der Waals surface area contributed by atoms with Crippen LogP contribution in [0.3, 0.4) is 0 Å². The van der Waals surface area contributed by atoms with Gasteiger partial charge in [-0.3, -0.25) is 0 Å². The third-order valence-corrected chi connectivity index (χ3v) is 6.90. The quantitative estimate of drug-likeness (QED) is 0.110. The number of quaternary nitrogens is 1. The average Bonchev–Trinajstić information content (AvgIpc) is 2.72. The SMILES string of the molecule is CCCCCCCCCCCCCCCC[N+](C)(CCCC)CCCCCCC. The van der Waals surface area contributed by atoms with E-state index in [0.29, 0.717) is 0 Å². The maximum atomic E-state index is 2.54. The molecule has 0 aromatic carbocycles. The predicted molar refractivity (Wildman–Crippen MR) is 135 cm³/mol. The molecule has 1 nitrogen and oxygen atoms in total. The first-order valence-corrected chi connectivity index (χ1v) is 14.0. The van der Waals surface area contributed by atoms with E-state index < -0.39 is 0 Å². The maximum Gasteiger partial charge on any atom is 0.0784 e. The van der Waals surface area contributed by atoms with Crippen molar-refractivity contribution in [3.8, 4) is 0 Å². The van der Waals surface area contributed by atoms with Gasteiger partial charge in [0.25, 0.3) is 0 Å². The fourth-order valence-corrected chi connectivity index (χ4v) is 4.66. The van der Waals surface area contributed by atoms with Crippen molar-refractivity contribution in [2.45, 2.75) is 156 Å². The van der Waals surface area contributed by atoms with Gasteiger partial charge in [0.15, 0.2) is 0 Å². The highest BCUT2D eigenvalue weighted by molar-refractivity contribution is 4.51. The van der Waals surface area contributed by atoms with Crippen LogP contribution in [0.5, 0.6) is 0 Å². The first-order valence-electron chi connectivity index (χ1n) is 14.0. The number of unbranched alkanes of at least 4 members (excludes halogenated alkanes) is 18. The fourth-order valence-electron chi connectivity index (χ4n) is 4.66. The molecule has 0 bridgehead atoms. The summed E-state index contributed by atoms with van der Waals surface area (Å²) in [7, 11) is 2.54. The molecule has 1 unspecified atom stereocenters. The Hall–Kier alpha value is -0.0400. The van der Waals surface area contributed by atoms with Gasteiger partial charge in [0, 0.05) is 0 Å². The molecule has 0 aliphatic rings. The van der Waals surface area contributed by atoms with Gasteiger partial charge in [-0.1, -0.05) is 124 Å². The molecule has 0 rings (SSSR count). The summed E-state index contributed by atoms with van der Waals surface area (Å²) >= 11 is 0. The standard InChI is InChI=1S/C28H60N/c1-5-8-11-13-14-15-16-17-18-19-20-21-23-25-28-29(4,26-10-7-3)27-24-22-12-9-6-2/h5-28H2,1-4H3/q+1. The second-order valence-corrected chi connectivity index (χ2v) is 10.2. The number of nitrogens with zero attached hydrogens (tertiary/aromatic N) is 1. The van der Waals surface area contributed by atoms with E-state index >= 15 is 0 Å². The van der Waals surface area contributed by atoms with E-state index in [-0.39, 0.29) is 0 Å². The van der Waals surface area contributed by atoms with Crippen LogP contribution in [0.15, 0.2) is 0 Å². The zero-order valence-corrected chi connectivity index (χ0v) is 21.4. The molecule has 0 aromatic heterocycles. The molecule has 0 aliphatic carbocycles. The lowest BCUT2D eigenvalue weighted by molar-refractivity contribution is -0.910. The second kappa shape index (κ2) is 22.6. The highest BCUT2D eigenvalue weighted by Crippen LogP contribution is 2.16. The lowest BCUT2D eigenvalue weighted by Gasteiger charge is -2.35. The fraction of sp³-hybridized carbons (Fsp3) is 1.00. The maximum absolute atomic E-state index is 2.54. The van der Waals surface area contributed by atoms with Crippen LogP contribution in [-0.4, -0.2) is 31.2 Å². The van der Waals surface area contributed by atoms with Crippen LogP contribution >= 0.6 is 0 Å². The van der Waals surface area contributed by atoms with Crippen LogP contribution in [0.2, 0.25) is 0 Å². The molecule has 0 saturated heterocycles. The molecular formula is C28H60N+. The first kappa shape index (κ1) is 29.0. The Labute approximate surface area is 187 Å². The lowest BCUT2D eigenvalue weighted by Crippen LogP contribution is -2.46. The molecule has 0 aliphatic heterocycles. The van der Waals surface area contributed by atoms with Crippen molar-refractivity contribution in [2.75, 3.05) is 26.7 Å². The summed E-state index contributed by atoms with van der Waals surface area (Å²) in [6.07, 6.45) is 30.4. The lowest BCUT2D eigenvalue weighted by atomic mass is 10.0. The van der Waals surface area contributed by atoms with Crippen LogP contribution < -0.4 is 0 Å². The minimum atomic E-state index is 1.35. The Kier molecular flexibility index (Phi) is 22.6. The molecule has 1 atom stereocenters. The zero-order chi connectivity index (χ0) is 21.5. The van der Waals surface area contributed by atoms with Crippen LogP contribution in [0.1, 0.15) is 156 Å². The minimum absolute atomic E-state index is 1.35. The van der Waals surface area contributed by atoms with E-state index in [1.165, 1.54) is 159 Å². The summed E-state index contributed by atoms with van der Waals surface area (Å²) in [5.41, 5.74) is 0. The molecule has 0 saturated carbocycles. The highest BCUT2D eigenvalue weighted by Gasteiger charge is 2.19.